The van der Waals surface area contributed by atoms with Crippen molar-refractivity contribution in [2.45, 2.75) is 6.92 Å². The van der Waals surface area contributed by atoms with Crippen molar-refractivity contribution in [3.8, 4) is 5.69 Å². The van der Waals surface area contributed by atoms with Crippen LogP contribution in [0.4, 0.5) is 4.39 Å². The molecule has 2 heterocycles. The van der Waals surface area contributed by atoms with Crippen molar-refractivity contribution >= 4 is 22.8 Å². The van der Waals surface area contributed by atoms with Crippen molar-refractivity contribution in [1.82, 2.24) is 19.5 Å². The Hall–Kier alpha value is -2.01. The number of rotatable bonds is 1. The molecule has 0 radical (unpaired) electrons. The van der Waals surface area contributed by atoms with Gasteiger partial charge in [-0.3, -0.25) is 4.57 Å². The normalized spacial score (nSPS) is 11.1. The van der Waals surface area contributed by atoms with Gasteiger partial charge in [-0.05, 0) is 31.2 Å². The van der Waals surface area contributed by atoms with Crippen LogP contribution in [0.5, 0.6) is 0 Å². The third-order valence-electron chi connectivity index (χ3n) is 2.66. The molecule has 0 N–H and O–H groups in total. The molecule has 90 valence electrons. The lowest BCUT2D eigenvalue weighted by Crippen LogP contribution is -1.98. The summed E-state index contributed by atoms with van der Waals surface area (Å²) in [7, 11) is 0. The van der Waals surface area contributed by atoms with Gasteiger partial charge < -0.3 is 0 Å². The van der Waals surface area contributed by atoms with Crippen molar-refractivity contribution in [3.05, 3.63) is 47.4 Å². The van der Waals surface area contributed by atoms with E-state index in [4.69, 9.17) is 11.6 Å². The second kappa shape index (κ2) is 4.03. The Morgan fingerprint density at radius 1 is 1.17 bits per heavy atom. The van der Waals surface area contributed by atoms with Crippen LogP contribution in [0, 0.1) is 12.7 Å². The van der Waals surface area contributed by atoms with Gasteiger partial charge in [-0.2, -0.15) is 0 Å². The lowest BCUT2D eigenvalue weighted by Gasteiger charge is -2.06. The molecule has 2 aromatic heterocycles. The molecule has 0 atom stereocenters. The summed E-state index contributed by atoms with van der Waals surface area (Å²) in [5.74, 6) is 0.433. The molecule has 0 bridgehead atoms. The number of fused-ring (bicyclic) bond motifs is 1. The highest BCUT2D eigenvalue weighted by Gasteiger charge is 2.13. The zero-order valence-corrected chi connectivity index (χ0v) is 10.2. The van der Waals surface area contributed by atoms with Gasteiger partial charge in [0.1, 0.15) is 23.5 Å². The van der Waals surface area contributed by atoms with E-state index in [1.807, 2.05) is 6.92 Å². The molecule has 0 spiro atoms. The van der Waals surface area contributed by atoms with Gasteiger partial charge in [-0.1, -0.05) is 11.6 Å². The van der Waals surface area contributed by atoms with Crippen LogP contribution in [0.1, 0.15) is 5.82 Å². The third-order valence-corrected chi connectivity index (χ3v) is 2.93. The Bertz CT molecular complexity index is 721. The number of halogens is 2. The van der Waals surface area contributed by atoms with E-state index in [2.05, 4.69) is 15.0 Å². The average molecular weight is 263 g/mol. The van der Waals surface area contributed by atoms with Crippen LogP contribution in [-0.2, 0) is 0 Å². The Balaban J connectivity index is 2.34. The topological polar surface area (TPSA) is 43.6 Å². The highest BCUT2D eigenvalue weighted by atomic mass is 35.5. The monoisotopic (exact) mass is 262 g/mol. The van der Waals surface area contributed by atoms with Crippen LogP contribution in [0.15, 0.2) is 30.6 Å². The van der Waals surface area contributed by atoms with Gasteiger partial charge in [0.05, 0.1) is 0 Å². The van der Waals surface area contributed by atoms with Crippen molar-refractivity contribution < 1.29 is 4.39 Å². The van der Waals surface area contributed by atoms with Crippen LogP contribution in [0.25, 0.3) is 16.9 Å². The minimum Gasteiger partial charge on any atom is -0.292 e. The molecule has 0 aliphatic carbocycles. The fraction of sp³-hybridized carbons (Fsp3) is 0.0833. The largest absolute Gasteiger partial charge is 0.292 e. The van der Waals surface area contributed by atoms with Crippen LogP contribution in [0.3, 0.4) is 0 Å². The van der Waals surface area contributed by atoms with E-state index in [1.165, 1.54) is 18.5 Å². The van der Waals surface area contributed by atoms with Crippen LogP contribution < -0.4 is 0 Å². The maximum absolute atomic E-state index is 12.9. The van der Waals surface area contributed by atoms with Crippen LogP contribution >= 0.6 is 11.6 Å². The summed E-state index contributed by atoms with van der Waals surface area (Å²) in [6.45, 7) is 1.83. The van der Waals surface area contributed by atoms with Gasteiger partial charge in [0, 0.05) is 5.69 Å². The number of imidazole rings is 1. The molecule has 18 heavy (non-hydrogen) atoms. The first-order valence-corrected chi connectivity index (χ1v) is 5.66. The minimum atomic E-state index is -0.289. The van der Waals surface area contributed by atoms with E-state index in [0.717, 1.165) is 11.5 Å². The predicted molar refractivity (Wildman–Crippen MR) is 66.4 cm³/mol. The Labute approximate surface area is 107 Å². The predicted octanol–water partition coefficient (Wildman–Crippen LogP) is 2.92. The van der Waals surface area contributed by atoms with E-state index in [9.17, 15) is 4.39 Å². The molecule has 0 amide bonds. The number of nitrogens with zero attached hydrogens (tertiary/aromatic N) is 4. The molecule has 6 heteroatoms. The van der Waals surface area contributed by atoms with E-state index >= 15 is 0 Å². The highest BCUT2D eigenvalue weighted by Crippen LogP contribution is 2.24. The summed E-state index contributed by atoms with van der Waals surface area (Å²) < 4.78 is 14.7. The summed E-state index contributed by atoms with van der Waals surface area (Å²) in [6.07, 6.45) is 1.37. The van der Waals surface area contributed by atoms with Crippen LogP contribution in [-0.4, -0.2) is 19.5 Å². The number of aryl methyl sites for hydroxylation is 1. The molecule has 3 rings (SSSR count). The number of benzene rings is 1. The number of hydrogen-bond acceptors (Lipinski definition) is 3. The fourth-order valence-corrected chi connectivity index (χ4v) is 2.11. The quantitative estimate of drug-likeness (QED) is 0.634. The van der Waals surface area contributed by atoms with Crippen molar-refractivity contribution in [3.63, 3.8) is 0 Å². The molecule has 0 saturated carbocycles. The lowest BCUT2D eigenvalue weighted by molar-refractivity contribution is 0.627. The van der Waals surface area contributed by atoms with Gasteiger partial charge in [-0.25, -0.2) is 19.3 Å². The van der Waals surface area contributed by atoms with Crippen molar-refractivity contribution in [1.29, 1.82) is 0 Å². The Kier molecular flexibility index (Phi) is 2.48. The molecule has 0 unspecified atom stereocenters. The van der Waals surface area contributed by atoms with E-state index in [-0.39, 0.29) is 5.82 Å². The molecular formula is C12H8ClFN4. The Morgan fingerprint density at radius 3 is 2.61 bits per heavy atom. The molecule has 0 aliphatic rings. The minimum absolute atomic E-state index is 0.289. The van der Waals surface area contributed by atoms with Gasteiger partial charge in [0.25, 0.3) is 0 Å². The smallest absolute Gasteiger partial charge is 0.182 e. The molecule has 4 nitrogen and oxygen atoms in total. The standard InChI is InChI=1S/C12H8ClFN4/c1-7-17-12-10(11(13)15-6-16-12)18(7)9-4-2-8(14)3-5-9/h2-6H,1H3. The van der Waals surface area contributed by atoms with Gasteiger partial charge in [-0.15, -0.1) is 0 Å². The molecular weight excluding hydrogens is 255 g/mol. The summed E-state index contributed by atoms with van der Waals surface area (Å²) in [4.78, 5) is 12.3. The van der Waals surface area contributed by atoms with Gasteiger partial charge in [0.2, 0.25) is 0 Å². The van der Waals surface area contributed by atoms with E-state index in [0.29, 0.717) is 16.3 Å². The summed E-state index contributed by atoms with van der Waals surface area (Å²) in [5.41, 5.74) is 1.92. The zero-order chi connectivity index (χ0) is 12.7. The Morgan fingerprint density at radius 2 is 1.89 bits per heavy atom. The first kappa shape index (κ1) is 11.1. The SMILES string of the molecule is Cc1nc2ncnc(Cl)c2n1-c1ccc(F)cc1. The third kappa shape index (κ3) is 1.64. The number of aromatic nitrogens is 4. The molecule has 0 fully saturated rings. The first-order chi connectivity index (χ1) is 8.66. The highest BCUT2D eigenvalue weighted by molar-refractivity contribution is 6.33. The maximum Gasteiger partial charge on any atom is 0.182 e. The number of hydrogen-bond donors (Lipinski definition) is 0. The molecule has 0 saturated heterocycles. The van der Waals surface area contributed by atoms with Gasteiger partial charge >= 0.3 is 0 Å². The average Bonchev–Trinajstić information content (AvgIpc) is 2.68. The second-order valence-corrected chi connectivity index (χ2v) is 4.17. The molecule has 0 aliphatic heterocycles. The summed E-state index contributed by atoms with van der Waals surface area (Å²) in [5, 5.41) is 0.324. The lowest BCUT2D eigenvalue weighted by atomic mass is 10.3. The fourth-order valence-electron chi connectivity index (χ4n) is 1.89. The summed E-state index contributed by atoms with van der Waals surface area (Å²) >= 11 is 6.07. The molecule has 3 aromatic rings. The van der Waals surface area contributed by atoms with Crippen LogP contribution in [0.2, 0.25) is 5.15 Å². The zero-order valence-electron chi connectivity index (χ0n) is 9.43. The maximum atomic E-state index is 12.9. The van der Waals surface area contributed by atoms with Crippen molar-refractivity contribution in [2.24, 2.45) is 0 Å². The molecule has 1 aromatic carbocycles. The summed E-state index contributed by atoms with van der Waals surface area (Å²) in [6, 6.07) is 6.09. The van der Waals surface area contributed by atoms with Crippen molar-refractivity contribution in [2.75, 3.05) is 0 Å². The van der Waals surface area contributed by atoms with E-state index < -0.39 is 0 Å². The second-order valence-electron chi connectivity index (χ2n) is 3.81. The van der Waals surface area contributed by atoms with Gasteiger partial charge in [0.15, 0.2) is 10.8 Å². The first-order valence-electron chi connectivity index (χ1n) is 5.28. The van der Waals surface area contributed by atoms with E-state index in [1.54, 1.807) is 16.7 Å².